The Hall–Kier alpha value is -2.78. The van der Waals surface area contributed by atoms with Crippen molar-refractivity contribution in [3.63, 3.8) is 0 Å². The van der Waals surface area contributed by atoms with Crippen LogP contribution in [-0.2, 0) is 6.42 Å². The lowest BCUT2D eigenvalue weighted by Gasteiger charge is -2.24. The van der Waals surface area contributed by atoms with E-state index in [1.807, 2.05) is 30.3 Å². The zero-order chi connectivity index (χ0) is 18.1. The lowest BCUT2D eigenvalue weighted by molar-refractivity contribution is 0.0973. The van der Waals surface area contributed by atoms with E-state index in [4.69, 9.17) is 17.5 Å². The number of rotatable bonds is 6. The maximum absolute atomic E-state index is 12.9. The average molecular weight is 355 g/mol. The summed E-state index contributed by atoms with van der Waals surface area (Å²) in [7, 11) is 0. The third kappa shape index (κ3) is 5.98. The third-order valence-corrected chi connectivity index (χ3v) is 3.98. The largest absolute Gasteiger partial charge is 0.348 e. The first-order valence-corrected chi connectivity index (χ1v) is 8.27. The van der Waals surface area contributed by atoms with Crippen LogP contribution >= 0.6 is 12.2 Å². The standard InChI is InChI=1S/C19H18FN3OS/c20-17-9-7-16(8-10-17)18(24)22-19(25)23(13-4-12-21)14-11-15-5-2-1-3-6-15/h1-3,5-10H,4,11,13-14H2,(H,22,24,25). The Morgan fingerprint density at radius 3 is 2.44 bits per heavy atom. The van der Waals surface area contributed by atoms with Crippen LogP contribution in [0.2, 0.25) is 0 Å². The van der Waals surface area contributed by atoms with E-state index in [0.717, 1.165) is 12.0 Å². The van der Waals surface area contributed by atoms with Crippen LogP contribution in [0.4, 0.5) is 4.39 Å². The second-order valence-electron chi connectivity index (χ2n) is 5.40. The van der Waals surface area contributed by atoms with Gasteiger partial charge in [0.2, 0.25) is 0 Å². The summed E-state index contributed by atoms with van der Waals surface area (Å²) in [5.41, 5.74) is 1.48. The average Bonchev–Trinajstić information content (AvgIpc) is 2.63. The van der Waals surface area contributed by atoms with E-state index in [1.54, 1.807) is 4.90 Å². The van der Waals surface area contributed by atoms with Gasteiger partial charge in [-0.05, 0) is 48.5 Å². The minimum Gasteiger partial charge on any atom is -0.348 e. The van der Waals surface area contributed by atoms with E-state index < -0.39 is 11.7 Å². The Morgan fingerprint density at radius 1 is 1.12 bits per heavy atom. The number of halogens is 1. The zero-order valence-corrected chi connectivity index (χ0v) is 14.4. The molecule has 0 aliphatic heterocycles. The van der Waals surface area contributed by atoms with Crippen molar-refractivity contribution in [1.29, 1.82) is 5.26 Å². The number of nitrogens with zero attached hydrogens (tertiary/aromatic N) is 2. The van der Waals surface area contributed by atoms with Gasteiger partial charge in [0.15, 0.2) is 5.11 Å². The molecule has 0 heterocycles. The van der Waals surface area contributed by atoms with Gasteiger partial charge in [-0.1, -0.05) is 30.3 Å². The molecule has 0 saturated carbocycles. The molecule has 1 N–H and O–H groups in total. The third-order valence-electron chi connectivity index (χ3n) is 3.62. The number of nitriles is 1. The van der Waals surface area contributed by atoms with Crippen LogP contribution < -0.4 is 5.32 Å². The van der Waals surface area contributed by atoms with Crippen LogP contribution in [0, 0.1) is 17.1 Å². The van der Waals surface area contributed by atoms with Crippen molar-refractivity contribution in [2.75, 3.05) is 13.1 Å². The molecule has 6 heteroatoms. The minimum atomic E-state index is -0.405. The highest BCUT2D eigenvalue weighted by molar-refractivity contribution is 7.80. The lowest BCUT2D eigenvalue weighted by Crippen LogP contribution is -2.44. The van der Waals surface area contributed by atoms with Crippen molar-refractivity contribution in [2.45, 2.75) is 12.8 Å². The number of hydrogen-bond acceptors (Lipinski definition) is 3. The Kier molecular flexibility index (Phi) is 7.05. The van der Waals surface area contributed by atoms with Crippen molar-refractivity contribution in [2.24, 2.45) is 0 Å². The van der Waals surface area contributed by atoms with Gasteiger partial charge in [0.1, 0.15) is 5.82 Å². The minimum absolute atomic E-state index is 0.264. The highest BCUT2D eigenvalue weighted by Crippen LogP contribution is 2.05. The molecule has 0 spiro atoms. The molecule has 0 aromatic heterocycles. The Balaban J connectivity index is 1.98. The number of hydrogen-bond donors (Lipinski definition) is 1. The van der Waals surface area contributed by atoms with Crippen molar-refractivity contribution < 1.29 is 9.18 Å². The second kappa shape index (κ2) is 9.50. The molecule has 0 aliphatic carbocycles. The molecule has 128 valence electrons. The Labute approximate surface area is 151 Å². The fourth-order valence-electron chi connectivity index (χ4n) is 2.26. The summed E-state index contributed by atoms with van der Waals surface area (Å²) in [6, 6.07) is 17.2. The highest BCUT2D eigenvalue weighted by atomic mass is 32.1. The summed E-state index contributed by atoms with van der Waals surface area (Å²) in [4.78, 5) is 14.0. The molecule has 0 saturated heterocycles. The van der Waals surface area contributed by atoms with E-state index in [1.165, 1.54) is 24.3 Å². The summed E-state index contributed by atoms with van der Waals surface area (Å²) in [6.07, 6.45) is 1.06. The monoisotopic (exact) mass is 355 g/mol. The van der Waals surface area contributed by atoms with E-state index in [9.17, 15) is 9.18 Å². The molecule has 25 heavy (non-hydrogen) atoms. The molecule has 0 radical (unpaired) electrons. The molecule has 1 amide bonds. The molecule has 0 atom stereocenters. The quantitative estimate of drug-likeness (QED) is 0.808. The van der Waals surface area contributed by atoms with Gasteiger partial charge in [-0.25, -0.2) is 4.39 Å². The number of benzene rings is 2. The normalized spacial score (nSPS) is 9.92. The summed E-state index contributed by atoms with van der Waals surface area (Å²) in [5.74, 6) is -0.802. The molecular weight excluding hydrogens is 337 g/mol. The molecule has 4 nitrogen and oxygen atoms in total. The number of nitrogens with one attached hydrogen (secondary N) is 1. The second-order valence-corrected chi connectivity index (χ2v) is 5.78. The van der Waals surface area contributed by atoms with Gasteiger partial charge in [0.25, 0.3) is 5.91 Å². The van der Waals surface area contributed by atoms with Crippen LogP contribution in [0.15, 0.2) is 54.6 Å². The number of carbonyl (C=O) groups excluding carboxylic acids is 1. The molecule has 0 unspecified atom stereocenters. The number of thiocarbonyl (C=S) groups is 1. The lowest BCUT2D eigenvalue weighted by atomic mass is 10.1. The van der Waals surface area contributed by atoms with Gasteiger partial charge < -0.3 is 4.90 Å². The molecule has 0 fully saturated rings. The first-order valence-electron chi connectivity index (χ1n) is 7.87. The summed E-state index contributed by atoms with van der Waals surface area (Å²) >= 11 is 5.32. The first kappa shape index (κ1) is 18.6. The Morgan fingerprint density at radius 2 is 1.80 bits per heavy atom. The first-order chi connectivity index (χ1) is 12.1. The van der Waals surface area contributed by atoms with E-state index in [2.05, 4.69) is 11.4 Å². The predicted molar refractivity (Wildman–Crippen MR) is 98.4 cm³/mol. The van der Waals surface area contributed by atoms with E-state index >= 15 is 0 Å². The summed E-state index contributed by atoms with van der Waals surface area (Å²) < 4.78 is 12.9. The van der Waals surface area contributed by atoms with Gasteiger partial charge in [-0.2, -0.15) is 5.26 Å². The smallest absolute Gasteiger partial charge is 0.257 e. The molecule has 2 aromatic carbocycles. The van der Waals surface area contributed by atoms with Crippen LogP contribution in [0.25, 0.3) is 0 Å². The summed E-state index contributed by atoms with van der Waals surface area (Å²) in [5, 5.41) is 11.7. The van der Waals surface area contributed by atoms with Crippen LogP contribution in [0.1, 0.15) is 22.3 Å². The highest BCUT2D eigenvalue weighted by Gasteiger charge is 2.14. The molecule has 0 bridgehead atoms. The van der Waals surface area contributed by atoms with E-state index in [-0.39, 0.29) is 5.11 Å². The van der Waals surface area contributed by atoms with Crippen LogP contribution in [0.3, 0.4) is 0 Å². The maximum Gasteiger partial charge on any atom is 0.257 e. The fourth-order valence-corrected chi connectivity index (χ4v) is 2.53. The van der Waals surface area contributed by atoms with Crippen molar-refractivity contribution >= 4 is 23.2 Å². The van der Waals surface area contributed by atoms with Crippen molar-refractivity contribution in [3.05, 3.63) is 71.5 Å². The molecule has 2 aromatic rings. The van der Waals surface area contributed by atoms with Gasteiger partial charge >= 0.3 is 0 Å². The van der Waals surface area contributed by atoms with Crippen LogP contribution in [0.5, 0.6) is 0 Å². The van der Waals surface area contributed by atoms with Crippen molar-refractivity contribution in [1.82, 2.24) is 10.2 Å². The fraction of sp³-hybridized carbons (Fsp3) is 0.211. The SMILES string of the molecule is N#CCCN(CCc1ccccc1)C(=S)NC(=O)c1ccc(F)cc1. The number of amides is 1. The number of carbonyl (C=O) groups is 1. The maximum atomic E-state index is 12.9. The predicted octanol–water partition coefficient (Wildman–Crippen LogP) is 3.30. The Bertz CT molecular complexity index is 756. The molecular formula is C19H18FN3OS. The topological polar surface area (TPSA) is 56.1 Å². The van der Waals surface area contributed by atoms with Gasteiger partial charge in [0.05, 0.1) is 12.5 Å². The summed E-state index contributed by atoms with van der Waals surface area (Å²) in [6.45, 7) is 1.03. The van der Waals surface area contributed by atoms with Gasteiger partial charge in [-0.15, -0.1) is 0 Å². The van der Waals surface area contributed by atoms with Gasteiger partial charge in [0, 0.05) is 18.7 Å². The molecule has 2 rings (SSSR count). The van der Waals surface area contributed by atoms with Gasteiger partial charge in [-0.3, -0.25) is 10.1 Å². The van der Waals surface area contributed by atoms with E-state index in [0.29, 0.717) is 25.1 Å². The zero-order valence-electron chi connectivity index (χ0n) is 13.6. The molecule has 0 aliphatic rings. The van der Waals surface area contributed by atoms with Crippen molar-refractivity contribution in [3.8, 4) is 6.07 Å². The van der Waals surface area contributed by atoms with Crippen LogP contribution in [-0.4, -0.2) is 29.0 Å².